The van der Waals surface area contributed by atoms with Crippen LogP contribution in [0.4, 0.5) is 0 Å². The van der Waals surface area contributed by atoms with Gasteiger partial charge in [0.2, 0.25) is 5.91 Å². The van der Waals surface area contributed by atoms with Crippen molar-refractivity contribution in [3.05, 3.63) is 5.82 Å². The monoisotopic (exact) mass is 311 g/mol. The Hall–Kier alpha value is -1.08. The summed E-state index contributed by atoms with van der Waals surface area (Å²) in [6.07, 6.45) is 5.29. The normalized spacial score (nSPS) is 16.2. The third-order valence-electron chi connectivity index (χ3n) is 3.63. The van der Waals surface area contributed by atoms with Gasteiger partial charge in [0, 0.05) is 19.5 Å². The summed E-state index contributed by atoms with van der Waals surface area (Å²) in [4.78, 5) is 11.7. The third-order valence-corrected chi connectivity index (χ3v) is 4.29. The van der Waals surface area contributed by atoms with Crippen LogP contribution >= 0.6 is 11.8 Å². The molecule has 0 unspecified atom stereocenters. The van der Waals surface area contributed by atoms with Gasteiger partial charge in [-0.2, -0.15) is 0 Å². The maximum absolute atomic E-state index is 11.7. The lowest BCUT2D eigenvalue weighted by Gasteiger charge is -2.12. The zero-order valence-corrected chi connectivity index (χ0v) is 13.9. The second-order valence-electron chi connectivity index (χ2n) is 6.12. The molecule has 2 rings (SSSR count). The fourth-order valence-electron chi connectivity index (χ4n) is 2.19. The summed E-state index contributed by atoms with van der Waals surface area (Å²) in [6.45, 7) is 5.94. The number of nitrogens with two attached hydrogens (primary N) is 1. The van der Waals surface area contributed by atoms with Crippen LogP contribution in [0.3, 0.4) is 0 Å². The number of carbonyl (C=O) groups excluding carboxylic acids is 1. The first-order valence-electron chi connectivity index (χ1n) is 7.49. The average Bonchev–Trinajstić information content (AvgIpc) is 3.08. The van der Waals surface area contributed by atoms with Gasteiger partial charge < -0.3 is 15.6 Å². The number of rotatable bonds is 8. The Kier molecular flexibility index (Phi) is 5.27. The van der Waals surface area contributed by atoms with Crippen LogP contribution in [0, 0.1) is 5.92 Å². The lowest BCUT2D eigenvalue weighted by molar-refractivity contribution is -0.123. The number of hydrogen-bond acceptors (Lipinski definition) is 5. The molecule has 0 atom stereocenters. The third kappa shape index (κ3) is 4.20. The second kappa shape index (κ2) is 6.79. The number of hydrogen-bond donors (Lipinski definition) is 2. The van der Waals surface area contributed by atoms with E-state index < -0.39 is 5.54 Å². The predicted octanol–water partition coefficient (Wildman–Crippen LogP) is 1.20. The molecule has 3 N–H and O–H groups in total. The Morgan fingerprint density at radius 1 is 1.48 bits per heavy atom. The van der Waals surface area contributed by atoms with Gasteiger partial charge in [0.15, 0.2) is 5.16 Å². The highest BCUT2D eigenvalue weighted by Gasteiger charge is 2.45. The van der Waals surface area contributed by atoms with E-state index in [0.717, 1.165) is 43.2 Å². The SMILES string of the molecule is CSc1nnc(CCCNC(=O)C2(N)CC2)n1CC(C)C. The highest BCUT2D eigenvalue weighted by atomic mass is 32.2. The summed E-state index contributed by atoms with van der Waals surface area (Å²) in [6, 6.07) is 0. The van der Waals surface area contributed by atoms with E-state index in [9.17, 15) is 4.79 Å². The van der Waals surface area contributed by atoms with Crippen molar-refractivity contribution < 1.29 is 4.79 Å². The number of carbonyl (C=O) groups is 1. The van der Waals surface area contributed by atoms with E-state index >= 15 is 0 Å². The number of aromatic nitrogens is 3. The minimum Gasteiger partial charge on any atom is -0.354 e. The van der Waals surface area contributed by atoms with Gasteiger partial charge >= 0.3 is 0 Å². The largest absolute Gasteiger partial charge is 0.354 e. The number of thioether (sulfide) groups is 1. The smallest absolute Gasteiger partial charge is 0.240 e. The molecule has 0 bridgehead atoms. The minimum atomic E-state index is -0.580. The molecule has 0 spiro atoms. The van der Waals surface area contributed by atoms with E-state index in [-0.39, 0.29) is 5.91 Å². The van der Waals surface area contributed by atoms with Crippen molar-refractivity contribution in [1.29, 1.82) is 0 Å². The summed E-state index contributed by atoms with van der Waals surface area (Å²) < 4.78 is 2.18. The van der Waals surface area contributed by atoms with Crippen molar-refractivity contribution in [3.63, 3.8) is 0 Å². The first-order chi connectivity index (χ1) is 9.96. The zero-order chi connectivity index (χ0) is 15.5. The lowest BCUT2D eigenvalue weighted by Crippen LogP contribution is -2.43. The van der Waals surface area contributed by atoms with Crippen LogP contribution in [0.15, 0.2) is 5.16 Å². The van der Waals surface area contributed by atoms with Crippen LogP contribution in [-0.4, -0.2) is 39.0 Å². The van der Waals surface area contributed by atoms with E-state index in [1.807, 2.05) is 6.26 Å². The summed E-state index contributed by atoms with van der Waals surface area (Å²) in [5.74, 6) is 1.53. The topological polar surface area (TPSA) is 85.8 Å². The van der Waals surface area contributed by atoms with Crippen LogP contribution in [0.5, 0.6) is 0 Å². The fourth-order valence-corrected chi connectivity index (χ4v) is 2.71. The van der Waals surface area contributed by atoms with Gasteiger partial charge in [-0.1, -0.05) is 25.6 Å². The Morgan fingerprint density at radius 2 is 2.19 bits per heavy atom. The van der Waals surface area contributed by atoms with Crippen LogP contribution in [-0.2, 0) is 17.8 Å². The van der Waals surface area contributed by atoms with Crippen LogP contribution in [0.25, 0.3) is 0 Å². The molecular formula is C14H25N5OS. The van der Waals surface area contributed by atoms with Crippen molar-refractivity contribution in [1.82, 2.24) is 20.1 Å². The molecule has 1 aromatic heterocycles. The van der Waals surface area contributed by atoms with Crippen molar-refractivity contribution in [2.45, 2.75) is 56.8 Å². The van der Waals surface area contributed by atoms with Crippen molar-refractivity contribution >= 4 is 17.7 Å². The lowest BCUT2D eigenvalue weighted by atomic mass is 10.2. The molecule has 1 heterocycles. The average molecular weight is 311 g/mol. The molecular weight excluding hydrogens is 286 g/mol. The van der Waals surface area contributed by atoms with E-state index in [1.54, 1.807) is 11.8 Å². The molecule has 0 aromatic carbocycles. The van der Waals surface area contributed by atoms with Crippen molar-refractivity contribution in [2.75, 3.05) is 12.8 Å². The van der Waals surface area contributed by atoms with Crippen LogP contribution in [0.1, 0.15) is 38.9 Å². The molecule has 1 aliphatic carbocycles. The Bertz CT molecular complexity index is 496. The quantitative estimate of drug-likeness (QED) is 0.556. The molecule has 1 fully saturated rings. The summed E-state index contributed by atoms with van der Waals surface area (Å²) >= 11 is 1.62. The Balaban J connectivity index is 1.82. The van der Waals surface area contributed by atoms with Gasteiger partial charge in [-0.05, 0) is 31.4 Å². The van der Waals surface area contributed by atoms with Gasteiger partial charge in [-0.25, -0.2) is 0 Å². The second-order valence-corrected chi connectivity index (χ2v) is 6.90. The Labute approximate surface area is 130 Å². The maximum atomic E-state index is 11.7. The Morgan fingerprint density at radius 3 is 2.76 bits per heavy atom. The first-order valence-corrected chi connectivity index (χ1v) is 8.72. The molecule has 7 heteroatoms. The van der Waals surface area contributed by atoms with Gasteiger partial charge in [-0.15, -0.1) is 10.2 Å². The van der Waals surface area contributed by atoms with Crippen molar-refractivity contribution in [2.24, 2.45) is 11.7 Å². The zero-order valence-electron chi connectivity index (χ0n) is 13.1. The van der Waals surface area contributed by atoms with E-state index in [1.165, 1.54) is 0 Å². The summed E-state index contributed by atoms with van der Waals surface area (Å²) in [7, 11) is 0. The predicted molar refractivity (Wildman–Crippen MR) is 84.1 cm³/mol. The first kappa shape index (κ1) is 16.3. The van der Waals surface area contributed by atoms with Gasteiger partial charge in [-0.3, -0.25) is 4.79 Å². The van der Waals surface area contributed by atoms with Crippen molar-refractivity contribution in [3.8, 4) is 0 Å². The molecule has 6 nitrogen and oxygen atoms in total. The maximum Gasteiger partial charge on any atom is 0.240 e. The van der Waals surface area contributed by atoms with Gasteiger partial charge in [0.25, 0.3) is 0 Å². The van der Waals surface area contributed by atoms with E-state index in [4.69, 9.17) is 5.73 Å². The molecule has 1 aromatic rings. The molecule has 0 saturated heterocycles. The van der Waals surface area contributed by atoms with E-state index in [0.29, 0.717) is 12.5 Å². The fraction of sp³-hybridized carbons (Fsp3) is 0.786. The van der Waals surface area contributed by atoms with E-state index in [2.05, 4.69) is 33.9 Å². The summed E-state index contributed by atoms with van der Waals surface area (Å²) in [5, 5.41) is 12.4. The summed E-state index contributed by atoms with van der Waals surface area (Å²) in [5.41, 5.74) is 5.26. The number of aryl methyl sites for hydroxylation is 1. The van der Waals surface area contributed by atoms with Gasteiger partial charge in [0.1, 0.15) is 5.82 Å². The molecule has 21 heavy (non-hydrogen) atoms. The minimum absolute atomic E-state index is 0.0176. The molecule has 0 radical (unpaired) electrons. The van der Waals surface area contributed by atoms with Gasteiger partial charge in [0.05, 0.1) is 5.54 Å². The molecule has 118 valence electrons. The highest BCUT2D eigenvalue weighted by molar-refractivity contribution is 7.98. The van der Waals surface area contributed by atoms with Crippen LogP contribution < -0.4 is 11.1 Å². The highest BCUT2D eigenvalue weighted by Crippen LogP contribution is 2.32. The number of nitrogens with zero attached hydrogens (tertiary/aromatic N) is 3. The molecule has 1 aliphatic rings. The molecule has 1 amide bonds. The van der Waals surface area contributed by atoms with Crippen LogP contribution in [0.2, 0.25) is 0 Å². The number of amides is 1. The standard InChI is InChI=1S/C14H25N5OS/c1-10(2)9-19-11(17-18-13(19)21-3)5-4-8-16-12(20)14(15)6-7-14/h10H,4-9,15H2,1-3H3,(H,16,20). The number of nitrogens with one attached hydrogen (secondary N) is 1. The molecule has 0 aliphatic heterocycles. The molecule has 1 saturated carbocycles.